The number of benzene rings is 2. The minimum absolute atomic E-state index is 0.246. The van der Waals surface area contributed by atoms with Gasteiger partial charge in [0.2, 0.25) is 5.89 Å². The molecule has 0 aliphatic rings. The van der Waals surface area contributed by atoms with Gasteiger partial charge in [0.15, 0.2) is 0 Å². The summed E-state index contributed by atoms with van der Waals surface area (Å²) < 4.78 is 11.7. The van der Waals surface area contributed by atoms with Crippen LogP contribution in [0.25, 0.3) is 28.0 Å². The van der Waals surface area contributed by atoms with Gasteiger partial charge in [0.25, 0.3) is 0 Å². The maximum absolute atomic E-state index is 12.3. The molecule has 0 fully saturated rings. The molecule has 118 valence electrons. The molecule has 4 rings (SSSR count). The third-order valence-corrected chi connectivity index (χ3v) is 3.72. The van der Waals surface area contributed by atoms with E-state index in [1.54, 1.807) is 43.6 Å². The largest absolute Gasteiger partial charge is 0.497 e. The molecule has 2 heterocycles. The van der Waals surface area contributed by atoms with Gasteiger partial charge in [0.1, 0.15) is 5.75 Å². The molecule has 0 bridgehead atoms. The molecule has 2 aromatic heterocycles. The van der Waals surface area contributed by atoms with E-state index in [1.807, 2.05) is 24.3 Å². The molecule has 0 saturated carbocycles. The highest BCUT2D eigenvalue weighted by atomic mass is 16.5. The minimum atomic E-state index is -0.557. The van der Waals surface area contributed by atoms with Crippen LogP contribution in [0.15, 0.2) is 70.0 Å². The number of ether oxygens (including phenoxy) is 1. The number of methoxy groups -OCH3 is 1. The monoisotopic (exact) mass is 319 g/mol. The molecule has 6 heteroatoms. The molecule has 0 aliphatic heterocycles. The van der Waals surface area contributed by atoms with E-state index in [0.29, 0.717) is 16.8 Å². The maximum Gasteiger partial charge on any atom is 0.442 e. The Hall–Kier alpha value is -3.41. The molecule has 0 radical (unpaired) electrons. The van der Waals surface area contributed by atoms with Crippen LogP contribution in [-0.4, -0.2) is 21.9 Å². The lowest BCUT2D eigenvalue weighted by Crippen LogP contribution is -2.14. The summed E-state index contributed by atoms with van der Waals surface area (Å²) in [5.41, 5.74) is 1.97. The number of para-hydroxylation sites is 1. The first-order chi connectivity index (χ1) is 11.8. The number of aromatic nitrogens is 3. The van der Waals surface area contributed by atoms with E-state index in [0.717, 1.165) is 11.1 Å². The normalized spacial score (nSPS) is 10.9. The summed E-state index contributed by atoms with van der Waals surface area (Å²) in [6, 6.07) is 16.5. The van der Waals surface area contributed by atoms with Crippen LogP contribution in [0.2, 0.25) is 0 Å². The lowest BCUT2D eigenvalue weighted by atomic mass is 10.2. The van der Waals surface area contributed by atoms with Crippen molar-refractivity contribution in [3.05, 3.63) is 71.3 Å². The Morgan fingerprint density at radius 1 is 1.04 bits per heavy atom. The first-order valence-electron chi connectivity index (χ1n) is 7.35. The van der Waals surface area contributed by atoms with E-state index in [9.17, 15) is 4.79 Å². The van der Waals surface area contributed by atoms with E-state index in [2.05, 4.69) is 10.1 Å². The van der Waals surface area contributed by atoms with Crippen molar-refractivity contribution in [2.45, 2.75) is 0 Å². The fourth-order valence-electron chi connectivity index (χ4n) is 2.54. The molecule has 6 nitrogen and oxygen atoms in total. The van der Waals surface area contributed by atoms with E-state index < -0.39 is 5.76 Å². The van der Waals surface area contributed by atoms with Gasteiger partial charge < -0.3 is 9.15 Å². The quantitative estimate of drug-likeness (QED) is 0.580. The lowest BCUT2D eigenvalue weighted by Gasteiger charge is -2.03. The number of fused-ring (bicyclic) bond motifs is 1. The van der Waals surface area contributed by atoms with Gasteiger partial charge in [-0.3, -0.25) is 4.98 Å². The summed E-state index contributed by atoms with van der Waals surface area (Å²) in [5, 5.41) is 5.24. The highest BCUT2D eigenvalue weighted by molar-refractivity contribution is 5.86. The van der Waals surface area contributed by atoms with Gasteiger partial charge >= 0.3 is 5.76 Å². The van der Waals surface area contributed by atoms with Crippen molar-refractivity contribution in [1.82, 2.24) is 14.8 Å². The standard InChI is InChI=1S/C18H13N3O3/c1-23-14-9-7-13(8-10-14)17-20-21(18(22)24-17)15-6-2-4-12-5-3-11-19-16(12)15/h2-11H,1H3. The fourth-order valence-corrected chi connectivity index (χ4v) is 2.54. The van der Waals surface area contributed by atoms with E-state index in [-0.39, 0.29) is 5.89 Å². The number of hydrogen-bond acceptors (Lipinski definition) is 5. The summed E-state index contributed by atoms with van der Waals surface area (Å²) in [5.74, 6) is 0.411. The minimum Gasteiger partial charge on any atom is -0.497 e. The van der Waals surface area contributed by atoms with Crippen LogP contribution in [-0.2, 0) is 0 Å². The van der Waals surface area contributed by atoms with Crippen molar-refractivity contribution in [2.24, 2.45) is 0 Å². The molecule has 0 N–H and O–H groups in total. The molecular formula is C18H13N3O3. The fraction of sp³-hybridized carbons (Fsp3) is 0.0556. The Labute approximate surface area is 136 Å². The number of nitrogens with zero attached hydrogens (tertiary/aromatic N) is 3. The van der Waals surface area contributed by atoms with Crippen LogP contribution in [0.4, 0.5) is 0 Å². The van der Waals surface area contributed by atoms with Crippen molar-refractivity contribution in [3.8, 4) is 22.9 Å². The zero-order valence-corrected chi connectivity index (χ0v) is 12.8. The molecule has 0 spiro atoms. The molecule has 0 unspecified atom stereocenters. The Morgan fingerprint density at radius 2 is 1.83 bits per heavy atom. The lowest BCUT2D eigenvalue weighted by molar-refractivity contribution is 0.415. The molecule has 0 aliphatic carbocycles. The Balaban J connectivity index is 1.85. The third kappa shape index (κ3) is 2.34. The van der Waals surface area contributed by atoms with Crippen molar-refractivity contribution in [2.75, 3.05) is 7.11 Å². The molecule has 0 saturated heterocycles. The summed E-state index contributed by atoms with van der Waals surface area (Å²) in [4.78, 5) is 16.6. The highest BCUT2D eigenvalue weighted by Crippen LogP contribution is 2.22. The first kappa shape index (κ1) is 14.2. The van der Waals surface area contributed by atoms with Gasteiger partial charge in [-0.05, 0) is 36.4 Å². The van der Waals surface area contributed by atoms with Crippen molar-refractivity contribution in [3.63, 3.8) is 0 Å². The predicted octanol–water partition coefficient (Wildman–Crippen LogP) is 3.05. The van der Waals surface area contributed by atoms with E-state index >= 15 is 0 Å². The average molecular weight is 319 g/mol. The summed E-state index contributed by atoms with van der Waals surface area (Å²) in [7, 11) is 1.59. The van der Waals surface area contributed by atoms with Gasteiger partial charge in [-0.1, -0.05) is 18.2 Å². The summed E-state index contributed by atoms with van der Waals surface area (Å²) in [6.45, 7) is 0. The number of pyridine rings is 1. The van der Waals surface area contributed by atoms with Crippen LogP contribution >= 0.6 is 0 Å². The summed E-state index contributed by atoms with van der Waals surface area (Å²) >= 11 is 0. The van der Waals surface area contributed by atoms with Gasteiger partial charge in [-0.2, -0.15) is 4.68 Å². The van der Waals surface area contributed by atoms with Gasteiger partial charge in [0, 0.05) is 17.1 Å². The van der Waals surface area contributed by atoms with Crippen LogP contribution in [0, 0.1) is 0 Å². The van der Waals surface area contributed by atoms with E-state index in [4.69, 9.17) is 9.15 Å². The Bertz CT molecular complexity index is 1060. The SMILES string of the molecule is COc1ccc(-c2nn(-c3cccc4cccnc34)c(=O)o2)cc1. The second-order valence-corrected chi connectivity index (χ2v) is 5.17. The summed E-state index contributed by atoms with van der Waals surface area (Å²) in [6.07, 6.45) is 1.68. The highest BCUT2D eigenvalue weighted by Gasteiger charge is 2.14. The van der Waals surface area contributed by atoms with Crippen LogP contribution in [0.1, 0.15) is 0 Å². The van der Waals surface area contributed by atoms with Crippen LogP contribution in [0.5, 0.6) is 5.75 Å². The zero-order chi connectivity index (χ0) is 16.5. The van der Waals surface area contributed by atoms with Crippen LogP contribution < -0.4 is 10.5 Å². The molecule has 0 amide bonds. The number of rotatable bonds is 3. The van der Waals surface area contributed by atoms with E-state index in [1.165, 1.54) is 4.68 Å². The van der Waals surface area contributed by atoms with Gasteiger partial charge in [-0.15, -0.1) is 5.10 Å². The Kier molecular flexibility index (Phi) is 3.35. The van der Waals surface area contributed by atoms with Crippen molar-refractivity contribution in [1.29, 1.82) is 0 Å². The molecule has 0 atom stereocenters. The maximum atomic E-state index is 12.3. The first-order valence-corrected chi connectivity index (χ1v) is 7.35. The van der Waals surface area contributed by atoms with Crippen LogP contribution in [0.3, 0.4) is 0 Å². The Morgan fingerprint density at radius 3 is 2.62 bits per heavy atom. The molecular weight excluding hydrogens is 306 g/mol. The topological polar surface area (TPSA) is 70.2 Å². The molecule has 2 aromatic carbocycles. The molecule has 24 heavy (non-hydrogen) atoms. The van der Waals surface area contributed by atoms with Gasteiger partial charge in [0.05, 0.1) is 18.3 Å². The smallest absolute Gasteiger partial charge is 0.442 e. The zero-order valence-electron chi connectivity index (χ0n) is 12.8. The average Bonchev–Trinajstić information content (AvgIpc) is 3.03. The molecule has 4 aromatic rings. The second-order valence-electron chi connectivity index (χ2n) is 5.17. The number of hydrogen-bond donors (Lipinski definition) is 0. The van der Waals surface area contributed by atoms with Crippen molar-refractivity contribution >= 4 is 10.9 Å². The second kappa shape index (κ2) is 5.66. The third-order valence-electron chi connectivity index (χ3n) is 3.72. The van der Waals surface area contributed by atoms with Gasteiger partial charge in [-0.25, -0.2) is 4.79 Å². The predicted molar refractivity (Wildman–Crippen MR) is 89.4 cm³/mol. The van der Waals surface area contributed by atoms with Crippen molar-refractivity contribution < 1.29 is 9.15 Å².